The molecule has 138 valence electrons. The average molecular weight is 362 g/mol. The number of carbonyl (C=O) groups is 1. The average Bonchev–Trinajstić information content (AvgIpc) is 2.75. The van der Waals surface area contributed by atoms with Gasteiger partial charge in [0.1, 0.15) is 5.75 Å². The Bertz CT molecular complexity index is 814. The quantitative estimate of drug-likeness (QED) is 0.624. The third-order valence-electron chi connectivity index (χ3n) is 4.64. The lowest BCUT2D eigenvalue weighted by atomic mass is 9.82. The molecule has 4 nitrogen and oxygen atoms in total. The van der Waals surface area contributed by atoms with Gasteiger partial charge in [-0.15, -0.1) is 0 Å². The van der Waals surface area contributed by atoms with Crippen molar-refractivity contribution in [3.8, 4) is 5.75 Å². The maximum atomic E-state index is 13.2. The van der Waals surface area contributed by atoms with Gasteiger partial charge in [-0.25, -0.2) is 0 Å². The predicted molar refractivity (Wildman–Crippen MR) is 104 cm³/mol. The number of aliphatic hydroxyl groups excluding tert-OH is 2. The van der Waals surface area contributed by atoms with Gasteiger partial charge in [0.2, 0.25) is 0 Å². The Balaban J connectivity index is 1.99. The Kier molecular flexibility index (Phi) is 6.01. The minimum Gasteiger partial charge on any atom is -0.497 e. The van der Waals surface area contributed by atoms with Crippen molar-refractivity contribution in [2.24, 2.45) is 5.92 Å². The lowest BCUT2D eigenvalue weighted by molar-refractivity contribution is 0.0143. The topological polar surface area (TPSA) is 66.8 Å². The SMILES string of the molecule is COc1ccc(C(=O)C([C@H](O)c2ccccc2)[C@H](O)c2ccccc2)cc1. The van der Waals surface area contributed by atoms with Gasteiger partial charge in [0.25, 0.3) is 0 Å². The molecule has 0 unspecified atom stereocenters. The molecule has 0 heterocycles. The molecule has 3 aromatic carbocycles. The number of benzene rings is 3. The number of methoxy groups -OCH3 is 1. The predicted octanol–water partition coefficient (Wildman–Crippen LogP) is 3.96. The lowest BCUT2D eigenvalue weighted by Gasteiger charge is -2.27. The summed E-state index contributed by atoms with van der Waals surface area (Å²) in [5, 5.41) is 21.9. The number of aliphatic hydroxyl groups is 2. The van der Waals surface area contributed by atoms with E-state index < -0.39 is 18.1 Å². The van der Waals surface area contributed by atoms with Crippen LogP contribution in [0, 0.1) is 5.92 Å². The molecule has 0 radical (unpaired) electrons. The fourth-order valence-electron chi connectivity index (χ4n) is 3.12. The van der Waals surface area contributed by atoms with Gasteiger partial charge >= 0.3 is 0 Å². The van der Waals surface area contributed by atoms with E-state index in [9.17, 15) is 15.0 Å². The number of hydrogen-bond donors (Lipinski definition) is 2. The van der Waals surface area contributed by atoms with Gasteiger partial charge in [-0.2, -0.15) is 0 Å². The zero-order chi connectivity index (χ0) is 19.2. The number of ketones is 1. The monoisotopic (exact) mass is 362 g/mol. The summed E-state index contributed by atoms with van der Waals surface area (Å²) in [7, 11) is 1.55. The molecule has 4 heteroatoms. The summed E-state index contributed by atoms with van der Waals surface area (Å²) in [6, 6.07) is 24.5. The van der Waals surface area contributed by atoms with E-state index in [1.807, 2.05) is 12.1 Å². The molecule has 0 aliphatic rings. The van der Waals surface area contributed by atoms with Crippen LogP contribution in [0.3, 0.4) is 0 Å². The molecule has 0 fully saturated rings. The van der Waals surface area contributed by atoms with Crippen LogP contribution in [0.2, 0.25) is 0 Å². The molecule has 0 aliphatic heterocycles. The van der Waals surface area contributed by atoms with E-state index in [0.717, 1.165) is 0 Å². The number of Topliss-reactive ketones (excluding diaryl/α,β-unsaturated/α-hetero) is 1. The highest BCUT2D eigenvalue weighted by Gasteiger charge is 2.35. The first-order chi connectivity index (χ1) is 13.1. The van der Waals surface area contributed by atoms with Crippen molar-refractivity contribution in [3.63, 3.8) is 0 Å². The third kappa shape index (κ3) is 4.25. The molecule has 0 aliphatic carbocycles. The second-order valence-electron chi connectivity index (χ2n) is 6.33. The fraction of sp³-hybridized carbons (Fsp3) is 0.174. The van der Waals surface area contributed by atoms with Crippen molar-refractivity contribution in [1.82, 2.24) is 0 Å². The Morgan fingerprint density at radius 2 is 1.19 bits per heavy atom. The van der Waals surface area contributed by atoms with Crippen molar-refractivity contribution in [2.75, 3.05) is 7.11 Å². The van der Waals surface area contributed by atoms with Gasteiger partial charge in [-0.05, 0) is 35.4 Å². The van der Waals surface area contributed by atoms with Crippen LogP contribution in [0.4, 0.5) is 0 Å². The number of carbonyl (C=O) groups excluding carboxylic acids is 1. The minimum absolute atomic E-state index is 0.328. The van der Waals surface area contributed by atoms with Crippen LogP contribution in [0.5, 0.6) is 5.75 Å². The van der Waals surface area contributed by atoms with Crippen molar-refractivity contribution in [2.45, 2.75) is 12.2 Å². The van der Waals surface area contributed by atoms with E-state index in [2.05, 4.69) is 0 Å². The largest absolute Gasteiger partial charge is 0.497 e. The van der Waals surface area contributed by atoms with E-state index in [4.69, 9.17) is 4.74 Å². The summed E-state index contributed by atoms with van der Waals surface area (Å²) in [6.45, 7) is 0. The van der Waals surface area contributed by atoms with Crippen LogP contribution >= 0.6 is 0 Å². The highest BCUT2D eigenvalue weighted by Crippen LogP contribution is 2.35. The molecular formula is C23H22O4. The second kappa shape index (κ2) is 8.62. The zero-order valence-corrected chi connectivity index (χ0v) is 15.0. The molecular weight excluding hydrogens is 340 g/mol. The first kappa shape index (κ1) is 18.8. The van der Waals surface area contributed by atoms with Crippen LogP contribution in [0.15, 0.2) is 84.9 Å². The first-order valence-corrected chi connectivity index (χ1v) is 8.76. The van der Waals surface area contributed by atoms with Crippen LogP contribution < -0.4 is 4.74 Å². The summed E-state index contributed by atoms with van der Waals surface area (Å²) >= 11 is 0. The van der Waals surface area contributed by atoms with Gasteiger partial charge in [0.05, 0.1) is 25.2 Å². The Hall–Kier alpha value is -2.95. The van der Waals surface area contributed by atoms with Gasteiger partial charge in [-0.3, -0.25) is 4.79 Å². The van der Waals surface area contributed by atoms with E-state index in [1.165, 1.54) is 0 Å². The molecule has 0 spiro atoms. The standard InChI is InChI=1S/C23H22O4/c1-27-19-14-12-18(13-15-19)23(26)20(21(24)16-8-4-2-5-9-16)22(25)17-10-6-3-7-11-17/h2-15,20-22,24-25H,1H3/t21-,22-/m1/s1. The number of rotatable bonds is 7. The zero-order valence-electron chi connectivity index (χ0n) is 15.0. The second-order valence-corrected chi connectivity index (χ2v) is 6.33. The van der Waals surface area contributed by atoms with E-state index in [0.29, 0.717) is 22.4 Å². The van der Waals surface area contributed by atoms with Crippen molar-refractivity contribution < 1.29 is 19.7 Å². The highest BCUT2D eigenvalue weighted by molar-refractivity contribution is 5.98. The molecule has 3 aromatic rings. The van der Waals surface area contributed by atoms with Crippen molar-refractivity contribution in [1.29, 1.82) is 0 Å². The van der Waals surface area contributed by atoms with E-state index in [-0.39, 0.29) is 5.78 Å². The lowest BCUT2D eigenvalue weighted by Crippen LogP contribution is -2.29. The Morgan fingerprint density at radius 1 is 0.741 bits per heavy atom. The van der Waals surface area contributed by atoms with Crippen LogP contribution in [-0.2, 0) is 0 Å². The van der Waals surface area contributed by atoms with Crippen LogP contribution in [-0.4, -0.2) is 23.1 Å². The molecule has 2 atom stereocenters. The minimum atomic E-state index is -1.14. The molecule has 27 heavy (non-hydrogen) atoms. The molecule has 2 N–H and O–H groups in total. The van der Waals surface area contributed by atoms with Crippen molar-refractivity contribution in [3.05, 3.63) is 102 Å². The van der Waals surface area contributed by atoms with E-state index >= 15 is 0 Å². The maximum absolute atomic E-state index is 13.2. The van der Waals surface area contributed by atoms with Gasteiger partial charge < -0.3 is 14.9 Å². The molecule has 0 aromatic heterocycles. The Labute approximate surface area is 158 Å². The highest BCUT2D eigenvalue weighted by atomic mass is 16.5. The molecule has 0 saturated carbocycles. The smallest absolute Gasteiger partial charge is 0.171 e. The summed E-state index contributed by atoms with van der Waals surface area (Å²) in [6.07, 6.45) is -2.29. The fourth-order valence-corrected chi connectivity index (χ4v) is 3.12. The van der Waals surface area contributed by atoms with Crippen LogP contribution in [0.25, 0.3) is 0 Å². The number of hydrogen-bond acceptors (Lipinski definition) is 4. The number of ether oxygens (including phenoxy) is 1. The summed E-state index contributed by atoms with van der Waals surface area (Å²) in [4.78, 5) is 13.2. The summed E-state index contributed by atoms with van der Waals surface area (Å²) < 4.78 is 5.13. The van der Waals surface area contributed by atoms with Gasteiger partial charge in [0.15, 0.2) is 5.78 Å². The molecule has 0 amide bonds. The molecule has 0 bridgehead atoms. The van der Waals surface area contributed by atoms with Gasteiger partial charge in [-0.1, -0.05) is 60.7 Å². The normalized spacial score (nSPS) is 13.2. The maximum Gasteiger partial charge on any atom is 0.171 e. The summed E-state index contributed by atoms with van der Waals surface area (Å²) in [5.74, 6) is -0.733. The first-order valence-electron chi connectivity index (χ1n) is 8.76. The van der Waals surface area contributed by atoms with Gasteiger partial charge in [0, 0.05) is 5.56 Å². The third-order valence-corrected chi connectivity index (χ3v) is 4.64. The molecule has 0 saturated heterocycles. The van der Waals surface area contributed by atoms with Crippen LogP contribution in [0.1, 0.15) is 33.7 Å². The molecule has 3 rings (SSSR count). The van der Waals surface area contributed by atoms with E-state index in [1.54, 1.807) is 79.9 Å². The van der Waals surface area contributed by atoms with Crippen molar-refractivity contribution >= 4 is 5.78 Å². The Morgan fingerprint density at radius 3 is 1.59 bits per heavy atom. The summed E-state index contributed by atoms with van der Waals surface area (Å²) in [5.41, 5.74) is 1.57.